The Morgan fingerprint density at radius 1 is 1.26 bits per heavy atom. The lowest BCUT2D eigenvalue weighted by Gasteiger charge is -2.26. The summed E-state index contributed by atoms with van der Waals surface area (Å²) in [6.07, 6.45) is 1.81. The Balaban J connectivity index is 1.89. The lowest BCUT2D eigenvalue weighted by Crippen LogP contribution is -2.39. The second-order valence-corrected chi connectivity index (χ2v) is 6.97. The Morgan fingerprint density at radius 2 is 2.00 bits per heavy atom. The quantitative estimate of drug-likeness (QED) is 0.770. The number of hydrogen-bond donors (Lipinski definition) is 2. The van der Waals surface area contributed by atoms with Crippen LogP contribution in [0, 0.1) is 5.82 Å². The molecule has 7 heteroatoms. The van der Waals surface area contributed by atoms with Crippen LogP contribution in [0.5, 0.6) is 5.75 Å². The highest BCUT2D eigenvalue weighted by Gasteiger charge is 2.22. The smallest absolute Gasteiger partial charge is 0.344 e. The average Bonchev–Trinajstić information content (AvgIpc) is 2.59. The summed E-state index contributed by atoms with van der Waals surface area (Å²) in [5, 5.41) is 12.2. The van der Waals surface area contributed by atoms with Crippen molar-refractivity contribution in [3.8, 4) is 16.9 Å². The van der Waals surface area contributed by atoms with Crippen molar-refractivity contribution in [3.05, 3.63) is 52.8 Å². The summed E-state index contributed by atoms with van der Waals surface area (Å²) in [6.45, 7) is 1.40. The number of amides is 1. The fourth-order valence-corrected chi connectivity index (χ4v) is 2.93. The molecule has 0 aromatic heterocycles. The van der Waals surface area contributed by atoms with Crippen LogP contribution >= 0.6 is 11.6 Å². The molecule has 2 N–H and O–H groups in total. The van der Waals surface area contributed by atoms with Gasteiger partial charge < -0.3 is 15.2 Å². The van der Waals surface area contributed by atoms with Crippen molar-refractivity contribution < 1.29 is 23.8 Å². The number of rotatable bonds is 6. The number of benzene rings is 2. The molecule has 1 saturated carbocycles. The van der Waals surface area contributed by atoms with Gasteiger partial charge in [0.15, 0.2) is 6.10 Å². The maximum Gasteiger partial charge on any atom is 0.344 e. The summed E-state index contributed by atoms with van der Waals surface area (Å²) in [7, 11) is 0. The van der Waals surface area contributed by atoms with Crippen molar-refractivity contribution in [3.63, 3.8) is 0 Å². The van der Waals surface area contributed by atoms with Crippen LogP contribution < -0.4 is 10.1 Å². The predicted octanol–water partition coefficient (Wildman–Crippen LogP) is 4.28. The van der Waals surface area contributed by atoms with E-state index in [9.17, 15) is 14.0 Å². The van der Waals surface area contributed by atoms with Crippen molar-refractivity contribution in [2.75, 3.05) is 0 Å². The molecule has 0 heterocycles. The lowest BCUT2D eigenvalue weighted by molar-refractivity contribution is -0.144. The van der Waals surface area contributed by atoms with Crippen molar-refractivity contribution in [2.24, 2.45) is 0 Å². The molecule has 0 aliphatic heterocycles. The summed E-state index contributed by atoms with van der Waals surface area (Å²) in [4.78, 5) is 23.3. The molecule has 0 bridgehead atoms. The van der Waals surface area contributed by atoms with E-state index < -0.39 is 23.8 Å². The molecule has 1 atom stereocenters. The molecule has 2 aromatic carbocycles. The number of carboxylic acids is 1. The standard InChI is InChI=1S/C20H19ClFNO4/c1-11(20(25)26)27-18-8-6-13(21)10-16(18)12-5-7-15(17(22)9-12)19(24)23-14-3-2-4-14/h5-11,14H,2-4H2,1H3,(H,23,24)(H,25,26)/t11-/m0/s1. The van der Waals surface area contributed by atoms with Crippen LogP contribution in [0.1, 0.15) is 36.5 Å². The number of ether oxygens (including phenoxy) is 1. The molecule has 1 amide bonds. The summed E-state index contributed by atoms with van der Waals surface area (Å²) in [6, 6.07) is 8.99. The van der Waals surface area contributed by atoms with E-state index >= 15 is 0 Å². The molecule has 2 aromatic rings. The molecule has 142 valence electrons. The Kier molecular flexibility index (Phi) is 5.65. The van der Waals surface area contributed by atoms with Crippen LogP contribution in [-0.2, 0) is 4.79 Å². The van der Waals surface area contributed by atoms with Gasteiger partial charge in [0.25, 0.3) is 5.91 Å². The van der Waals surface area contributed by atoms with E-state index in [1.54, 1.807) is 18.2 Å². The van der Waals surface area contributed by atoms with Gasteiger partial charge in [-0.3, -0.25) is 4.79 Å². The molecular formula is C20H19ClFNO4. The topological polar surface area (TPSA) is 75.6 Å². The van der Waals surface area contributed by atoms with Crippen LogP contribution in [0.25, 0.3) is 11.1 Å². The van der Waals surface area contributed by atoms with Crippen molar-refractivity contribution >= 4 is 23.5 Å². The van der Waals surface area contributed by atoms with Crippen LogP contribution in [0.3, 0.4) is 0 Å². The Hall–Kier alpha value is -2.60. The maximum atomic E-state index is 14.6. The Labute approximate surface area is 161 Å². The summed E-state index contributed by atoms with van der Waals surface area (Å²) in [5.41, 5.74) is 0.845. The monoisotopic (exact) mass is 391 g/mol. The fraction of sp³-hybridized carbons (Fsp3) is 0.300. The highest BCUT2D eigenvalue weighted by Crippen LogP contribution is 2.34. The normalized spacial score (nSPS) is 14.9. The third-order valence-corrected chi connectivity index (χ3v) is 4.79. The van der Waals surface area contributed by atoms with E-state index in [0.717, 1.165) is 19.3 Å². The van der Waals surface area contributed by atoms with Gasteiger partial charge >= 0.3 is 5.97 Å². The molecule has 0 spiro atoms. The second-order valence-electron chi connectivity index (χ2n) is 6.53. The molecule has 1 aliphatic rings. The number of aliphatic carboxylic acids is 1. The zero-order valence-corrected chi connectivity index (χ0v) is 15.4. The van der Waals surface area contributed by atoms with Gasteiger partial charge in [0, 0.05) is 16.6 Å². The lowest BCUT2D eigenvalue weighted by atomic mass is 9.93. The van der Waals surface area contributed by atoms with Crippen LogP contribution in [0.2, 0.25) is 5.02 Å². The number of carboxylic acid groups (broad SMARTS) is 1. The molecule has 1 aliphatic carbocycles. The van der Waals surface area contributed by atoms with Crippen LogP contribution in [0.4, 0.5) is 4.39 Å². The van der Waals surface area contributed by atoms with E-state index in [1.165, 1.54) is 25.1 Å². The number of carbonyl (C=O) groups is 2. The number of nitrogens with one attached hydrogen (secondary N) is 1. The van der Waals surface area contributed by atoms with E-state index in [-0.39, 0.29) is 17.4 Å². The summed E-state index contributed by atoms with van der Waals surface area (Å²) >= 11 is 6.04. The van der Waals surface area contributed by atoms with Crippen molar-refractivity contribution in [1.29, 1.82) is 0 Å². The maximum absolute atomic E-state index is 14.6. The molecular weight excluding hydrogens is 373 g/mol. The van der Waals surface area contributed by atoms with Crippen LogP contribution in [-0.4, -0.2) is 29.1 Å². The minimum absolute atomic E-state index is 0.0333. The minimum atomic E-state index is -1.12. The number of halogens is 2. The third kappa shape index (κ3) is 4.39. The predicted molar refractivity (Wildman–Crippen MR) is 99.7 cm³/mol. The minimum Gasteiger partial charge on any atom is -0.479 e. The Bertz CT molecular complexity index is 882. The third-order valence-electron chi connectivity index (χ3n) is 4.56. The van der Waals surface area contributed by atoms with E-state index in [4.69, 9.17) is 21.4 Å². The van der Waals surface area contributed by atoms with Gasteiger partial charge in [-0.1, -0.05) is 17.7 Å². The van der Waals surface area contributed by atoms with Gasteiger partial charge in [-0.25, -0.2) is 9.18 Å². The fourth-order valence-electron chi connectivity index (χ4n) is 2.75. The van der Waals surface area contributed by atoms with E-state index in [2.05, 4.69) is 5.32 Å². The van der Waals surface area contributed by atoms with Gasteiger partial charge in [0.2, 0.25) is 0 Å². The zero-order chi connectivity index (χ0) is 19.6. The van der Waals surface area contributed by atoms with E-state index in [1.807, 2.05) is 0 Å². The largest absolute Gasteiger partial charge is 0.479 e. The van der Waals surface area contributed by atoms with Gasteiger partial charge in [0.1, 0.15) is 11.6 Å². The van der Waals surface area contributed by atoms with Crippen molar-refractivity contribution in [1.82, 2.24) is 5.32 Å². The number of carbonyl (C=O) groups excluding carboxylic acids is 1. The van der Waals surface area contributed by atoms with Crippen molar-refractivity contribution in [2.45, 2.75) is 38.3 Å². The van der Waals surface area contributed by atoms with Gasteiger partial charge in [0.05, 0.1) is 5.56 Å². The van der Waals surface area contributed by atoms with E-state index in [0.29, 0.717) is 16.1 Å². The Morgan fingerprint density at radius 3 is 2.59 bits per heavy atom. The SMILES string of the molecule is C[C@H](Oc1ccc(Cl)cc1-c1ccc(C(=O)NC2CCC2)c(F)c1)C(=O)O. The summed E-state index contributed by atoms with van der Waals surface area (Å²) < 4.78 is 20.0. The number of hydrogen-bond acceptors (Lipinski definition) is 3. The average molecular weight is 392 g/mol. The molecule has 3 rings (SSSR count). The van der Waals surface area contributed by atoms with Gasteiger partial charge in [-0.15, -0.1) is 0 Å². The molecule has 1 fully saturated rings. The first-order valence-corrected chi connectivity index (χ1v) is 9.02. The second kappa shape index (κ2) is 7.96. The molecule has 5 nitrogen and oxygen atoms in total. The molecule has 0 radical (unpaired) electrons. The van der Waals surface area contributed by atoms with Gasteiger partial charge in [-0.2, -0.15) is 0 Å². The molecule has 27 heavy (non-hydrogen) atoms. The zero-order valence-electron chi connectivity index (χ0n) is 14.7. The van der Waals surface area contributed by atoms with Gasteiger partial charge in [-0.05, 0) is 62.1 Å². The first-order chi connectivity index (χ1) is 12.8. The molecule has 0 saturated heterocycles. The first-order valence-electron chi connectivity index (χ1n) is 8.65. The highest BCUT2D eigenvalue weighted by molar-refractivity contribution is 6.31. The summed E-state index contributed by atoms with van der Waals surface area (Å²) in [5.74, 6) is -1.96. The van der Waals surface area contributed by atoms with Crippen LogP contribution in [0.15, 0.2) is 36.4 Å². The molecule has 0 unspecified atom stereocenters. The highest BCUT2D eigenvalue weighted by atomic mass is 35.5. The first kappa shape index (κ1) is 19.2.